The summed E-state index contributed by atoms with van der Waals surface area (Å²) in [5, 5.41) is 16.4. The number of carbonyl (C=O) groups excluding carboxylic acids is 1. The maximum atomic E-state index is 13.4. The van der Waals surface area contributed by atoms with E-state index in [4.69, 9.17) is 27.7 Å². The van der Waals surface area contributed by atoms with Crippen molar-refractivity contribution in [3.8, 4) is 11.3 Å². The van der Waals surface area contributed by atoms with Gasteiger partial charge in [-0.15, -0.1) is 10.2 Å². The number of hydrogen-bond donors (Lipinski definition) is 1. The Labute approximate surface area is 206 Å². The number of carbonyl (C=O) groups is 1. The van der Waals surface area contributed by atoms with Crippen LogP contribution in [0.15, 0.2) is 59.1 Å². The molecule has 10 heteroatoms. The lowest BCUT2D eigenvalue weighted by Crippen LogP contribution is -2.35. The van der Waals surface area contributed by atoms with Gasteiger partial charge in [0.05, 0.1) is 12.6 Å². The highest BCUT2D eigenvalue weighted by molar-refractivity contribution is 6.30. The van der Waals surface area contributed by atoms with E-state index < -0.39 is 0 Å². The van der Waals surface area contributed by atoms with Crippen LogP contribution < -0.4 is 5.32 Å². The number of likely N-dealkylation sites (tertiary alicyclic amines) is 1. The third-order valence-electron chi connectivity index (χ3n) is 5.93. The first-order valence-electron chi connectivity index (χ1n) is 10.9. The van der Waals surface area contributed by atoms with E-state index in [0.717, 1.165) is 24.0 Å². The maximum absolute atomic E-state index is 13.4. The van der Waals surface area contributed by atoms with E-state index >= 15 is 0 Å². The van der Waals surface area contributed by atoms with E-state index in [1.165, 1.54) is 0 Å². The number of rotatable bonds is 5. The summed E-state index contributed by atoms with van der Waals surface area (Å²) in [4.78, 5) is 15.2. The molecule has 3 heterocycles. The highest BCUT2D eigenvalue weighted by atomic mass is 35.5. The predicted octanol–water partition coefficient (Wildman–Crippen LogP) is 5.97. The van der Waals surface area contributed by atoms with Crippen molar-refractivity contribution >= 4 is 34.9 Å². The number of amides is 2. The molecular weight excluding hydrogens is 475 g/mol. The van der Waals surface area contributed by atoms with E-state index in [1.807, 2.05) is 59.2 Å². The van der Waals surface area contributed by atoms with Gasteiger partial charge in [-0.1, -0.05) is 59.2 Å². The molecule has 0 bridgehead atoms. The average molecular weight is 497 g/mol. The SMILES string of the molecule is Cc1noc(-c2ccccc2)c1NC(=O)N1CCC[C@@H]1c1nnc(Cl)n1Cc1ccc(Cl)cc1. The van der Waals surface area contributed by atoms with E-state index in [-0.39, 0.29) is 17.4 Å². The Bertz CT molecular complexity index is 1300. The van der Waals surface area contributed by atoms with Crippen molar-refractivity contribution in [3.63, 3.8) is 0 Å². The molecule has 2 aromatic heterocycles. The van der Waals surface area contributed by atoms with Crippen molar-refractivity contribution in [2.45, 2.75) is 32.4 Å². The third-order valence-corrected chi connectivity index (χ3v) is 6.46. The fraction of sp³-hybridized carbons (Fsp3) is 0.250. The van der Waals surface area contributed by atoms with Gasteiger partial charge in [-0.05, 0) is 49.1 Å². The fourth-order valence-corrected chi connectivity index (χ4v) is 4.53. The average Bonchev–Trinajstić information content (AvgIpc) is 3.56. The first-order valence-corrected chi connectivity index (χ1v) is 11.7. The Balaban J connectivity index is 1.39. The lowest BCUT2D eigenvalue weighted by atomic mass is 10.1. The molecule has 174 valence electrons. The van der Waals surface area contributed by atoms with Crippen LogP contribution in [0.25, 0.3) is 11.3 Å². The summed E-state index contributed by atoms with van der Waals surface area (Å²) < 4.78 is 7.35. The molecule has 1 fully saturated rings. The van der Waals surface area contributed by atoms with E-state index in [0.29, 0.717) is 41.1 Å². The minimum absolute atomic E-state index is 0.247. The van der Waals surface area contributed by atoms with Crippen LogP contribution in [0.3, 0.4) is 0 Å². The molecule has 0 aliphatic carbocycles. The van der Waals surface area contributed by atoms with Gasteiger partial charge in [0.1, 0.15) is 11.4 Å². The van der Waals surface area contributed by atoms with Crippen LogP contribution in [-0.4, -0.2) is 37.4 Å². The van der Waals surface area contributed by atoms with Gasteiger partial charge in [-0.25, -0.2) is 4.79 Å². The highest BCUT2D eigenvalue weighted by Crippen LogP contribution is 2.35. The van der Waals surface area contributed by atoms with E-state index in [2.05, 4.69) is 20.7 Å². The molecule has 0 saturated carbocycles. The molecule has 2 amide bonds. The van der Waals surface area contributed by atoms with Crippen LogP contribution in [0, 0.1) is 6.92 Å². The standard InChI is InChI=1S/C24H22Cl2N6O2/c1-15-20(21(34-30-15)17-6-3-2-4-7-17)27-24(33)31-13-5-8-19(31)22-28-29-23(26)32(22)14-16-9-11-18(25)12-10-16/h2-4,6-7,9-12,19H,5,8,13-14H2,1H3,(H,27,33)/t19-/m1/s1. The van der Waals surface area contributed by atoms with Crippen LogP contribution in [-0.2, 0) is 6.54 Å². The van der Waals surface area contributed by atoms with Gasteiger partial charge in [0, 0.05) is 17.1 Å². The number of aryl methyl sites for hydroxylation is 1. The first-order chi connectivity index (χ1) is 16.5. The summed E-state index contributed by atoms with van der Waals surface area (Å²) in [5.74, 6) is 1.18. The number of aromatic nitrogens is 4. The van der Waals surface area contributed by atoms with Crippen LogP contribution in [0.5, 0.6) is 0 Å². The molecule has 2 aromatic carbocycles. The monoisotopic (exact) mass is 496 g/mol. The second-order valence-corrected chi connectivity index (χ2v) is 8.93. The molecular formula is C24H22Cl2N6O2. The molecule has 1 aliphatic rings. The third kappa shape index (κ3) is 4.38. The molecule has 1 saturated heterocycles. The van der Waals surface area contributed by atoms with Crippen molar-refractivity contribution in [2.75, 3.05) is 11.9 Å². The van der Waals surface area contributed by atoms with E-state index in [1.54, 1.807) is 11.8 Å². The van der Waals surface area contributed by atoms with Crippen LogP contribution in [0.4, 0.5) is 10.5 Å². The van der Waals surface area contributed by atoms with Crippen molar-refractivity contribution in [2.24, 2.45) is 0 Å². The summed E-state index contributed by atoms with van der Waals surface area (Å²) in [5.41, 5.74) is 3.01. The predicted molar refractivity (Wildman–Crippen MR) is 130 cm³/mol. The summed E-state index contributed by atoms with van der Waals surface area (Å²) in [7, 11) is 0. The zero-order valence-corrected chi connectivity index (χ0v) is 19.9. The molecule has 1 aliphatic heterocycles. The number of nitrogens with one attached hydrogen (secondary N) is 1. The smallest absolute Gasteiger partial charge is 0.322 e. The lowest BCUT2D eigenvalue weighted by molar-refractivity contribution is 0.204. The Morgan fingerprint density at radius 2 is 1.88 bits per heavy atom. The molecule has 8 nitrogen and oxygen atoms in total. The first kappa shape index (κ1) is 22.4. The zero-order chi connectivity index (χ0) is 23.7. The highest BCUT2D eigenvalue weighted by Gasteiger charge is 2.35. The second-order valence-electron chi connectivity index (χ2n) is 8.16. The van der Waals surface area contributed by atoms with Gasteiger partial charge in [-0.3, -0.25) is 4.57 Å². The normalized spacial score (nSPS) is 15.6. The molecule has 5 rings (SSSR count). The van der Waals surface area contributed by atoms with Gasteiger partial charge in [0.15, 0.2) is 11.6 Å². The number of nitrogens with zero attached hydrogens (tertiary/aromatic N) is 5. The van der Waals surface area contributed by atoms with Crippen molar-refractivity contribution in [1.29, 1.82) is 0 Å². The number of hydrogen-bond acceptors (Lipinski definition) is 5. The van der Waals surface area contributed by atoms with Crippen LogP contribution in [0.1, 0.15) is 36.0 Å². The van der Waals surface area contributed by atoms with Crippen molar-refractivity contribution < 1.29 is 9.32 Å². The van der Waals surface area contributed by atoms with Gasteiger partial charge in [-0.2, -0.15) is 0 Å². The van der Waals surface area contributed by atoms with Crippen LogP contribution >= 0.6 is 23.2 Å². The topological polar surface area (TPSA) is 89.1 Å². The van der Waals surface area contributed by atoms with Crippen molar-refractivity contribution in [3.05, 3.63) is 82.0 Å². The fourth-order valence-electron chi connectivity index (χ4n) is 4.22. The second kappa shape index (κ2) is 9.48. The number of halogens is 2. The minimum atomic E-state index is -0.257. The molecule has 4 aromatic rings. The zero-order valence-electron chi connectivity index (χ0n) is 18.4. The minimum Gasteiger partial charge on any atom is -0.354 e. The number of anilines is 1. The molecule has 0 radical (unpaired) electrons. The number of urea groups is 1. The van der Waals surface area contributed by atoms with E-state index in [9.17, 15) is 4.79 Å². The Morgan fingerprint density at radius 3 is 2.65 bits per heavy atom. The summed E-state index contributed by atoms with van der Waals surface area (Å²) in [6, 6.07) is 16.6. The Kier molecular flexibility index (Phi) is 6.26. The number of benzene rings is 2. The molecule has 34 heavy (non-hydrogen) atoms. The van der Waals surface area contributed by atoms with Gasteiger partial charge < -0.3 is 14.7 Å². The Morgan fingerprint density at radius 1 is 1.12 bits per heavy atom. The maximum Gasteiger partial charge on any atom is 0.322 e. The quantitative estimate of drug-likeness (QED) is 0.367. The largest absolute Gasteiger partial charge is 0.354 e. The van der Waals surface area contributed by atoms with Crippen molar-refractivity contribution in [1.82, 2.24) is 24.8 Å². The lowest BCUT2D eigenvalue weighted by Gasteiger charge is -2.25. The molecule has 0 spiro atoms. The molecule has 1 atom stereocenters. The van der Waals surface area contributed by atoms with Crippen LogP contribution in [0.2, 0.25) is 10.3 Å². The van der Waals surface area contributed by atoms with Gasteiger partial charge in [0.25, 0.3) is 0 Å². The molecule has 0 unspecified atom stereocenters. The van der Waals surface area contributed by atoms with Gasteiger partial charge >= 0.3 is 6.03 Å². The summed E-state index contributed by atoms with van der Waals surface area (Å²) in [6.07, 6.45) is 1.61. The summed E-state index contributed by atoms with van der Waals surface area (Å²) in [6.45, 7) is 2.87. The summed E-state index contributed by atoms with van der Waals surface area (Å²) >= 11 is 12.4. The molecule has 1 N–H and O–H groups in total. The Hall–Kier alpha value is -3.36. The van der Waals surface area contributed by atoms with Gasteiger partial charge in [0.2, 0.25) is 5.28 Å².